The Morgan fingerprint density at radius 3 is 2.24 bits per heavy atom. The van der Waals surface area contributed by atoms with Crippen molar-refractivity contribution in [2.24, 2.45) is 0 Å². The third-order valence-electron chi connectivity index (χ3n) is 4.98. The van der Waals surface area contributed by atoms with Crippen LogP contribution in [0.25, 0.3) is 0 Å². The topological polar surface area (TPSA) is 62.3 Å². The molecule has 0 spiro atoms. The third kappa shape index (κ3) is 5.59. The van der Waals surface area contributed by atoms with E-state index in [0.717, 1.165) is 12.8 Å². The van der Waals surface area contributed by atoms with Crippen LogP contribution in [0.1, 0.15) is 72.6 Å². The minimum atomic E-state index is 0.215. The van der Waals surface area contributed by atoms with Crippen molar-refractivity contribution in [2.45, 2.75) is 95.8 Å². The van der Waals surface area contributed by atoms with Gasteiger partial charge in [-0.3, -0.25) is 4.79 Å². The Hall–Kier alpha value is -0.610. The van der Waals surface area contributed by atoms with Gasteiger partial charge in [0.1, 0.15) is 0 Å². The predicted octanol–water partition coefficient (Wildman–Crippen LogP) is 0.282. The first-order valence-electron chi connectivity index (χ1n) is 8.76. The van der Waals surface area contributed by atoms with Gasteiger partial charge in [0, 0.05) is 18.9 Å². The predicted molar refractivity (Wildman–Crippen MR) is 84.9 cm³/mol. The summed E-state index contributed by atoms with van der Waals surface area (Å²) in [5.41, 5.74) is 0.430. The van der Waals surface area contributed by atoms with Crippen LogP contribution in [0.15, 0.2) is 0 Å². The molecule has 0 bridgehead atoms. The highest BCUT2D eigenvalue weighted by Gasteiger charge is 2.42. The number of carbonyl (C=O) groups is 1. The summed E-state index contributed by atoms with van der Waals surface area (Å²) >= 11 is 0. The molecule has 1 aliphatic heterocycles. The molecular formula is C17H35N3O+2. The highest BCUT2D eigenvalue weighted by atomic mass is 16.2. The van der Waals surface area contributed by atoms with E-state index in [-0.39, 0.29) is 17.0 Å². The van der Waals surface area contributed by atoms with Gasteiger partial charge in [0.05, 0.1) is 17.1 Å². The number of hydrogen-bond donors (Lipinski definition) is 3. The average molecular weight is 297 g/mol. The van der Waals surface area contributed by atoms with Crippen LogP contribution in [-0.4, -0.2) is 35.6 Å². The molecule has 1 saturated heterocycles. The summed E-state index contributed by atoms with van der Waals surface area (Å²) in [5, 5.41) is 8.00. The van der Waals surface area contributed by atoms with Gasteiger partial charge in [-0.2, -0.15) is 0 Å². The SMILES string of the molecule is CC1(C)CC(NC(=O)C[NH2+]C2CCCCC2)CC(C)(C)[NH2+]1. The van der Waals surface area contributed by atoms with Crippen LogP contribution in [-0.2, 0) is 4.79 Å². The van der Waals surface area contributed by atoms with E-state index in [4.69, 9.17) is 0 Å². The van der Waals surface area contributed by atoms with Gasteiger partial charge in [0.25, 0.3) is 5.91 Å². The molecule has 4 heteroatoms. The van der Waals surface area contributed by atoms with Crippen molar-refractivity contribution in [3.63, 3.8) is 0 Å². The molecule has 0 atom stereocenters. The van der Waals surface area contributed by atoms with Gasteiger partial charge in [-0.25, -0.2) is 0 Å². The Morgan fingerprint density at radius 2 is 1.67 bits per heavy atom. The summed E-state index contributed by atoms with van der Waals surface area (Å²) in [7, 11) is 0. The van der Waals surface area contributed by atoms with Gasteiger partial charge in [-0.15, -0.1) is 0 Å². The van der Waals surface area contributed by atoms with Crippen molar-refractivity contribution in [1.82, 2.24) is 5.32 Å². The lowest BCUT2D eigenvalue weighted by atomic mass is 9.79. The lowest BCUT2D eigenvalue weighted by molar-refractivity contribution is -0.788. The first-order chi connectivity index (χ1) is 9.76. The molecule has 0 aromatic heterocycles. The number of nitrogens with one attached hydrogen (secondary N) is 1. The minimum absolute atomic E-state index is 0.215. The number of quaternary nitrogens is 2. The first-order valence-corrected chi connectivity index (χ1v) is 8.76. The van der Waals surface area contributed by atoms with Gasteiger partial charge >= 0.3 is 0 Å². The number of amides is 1. The van der Waals surface area contributed by atoms with Crippen molar-refractivity contribution in [3.8, 4) is 0 Å². The fraction of sp³-hybridized carbons (Fsp3) is 0.941. The average Bonchev–Trinajstić information content (AvgIpc) is 2.33. The Bertz CT molecular complexity index is 343. The van der Waals surface area contributed by atoms with Crippen LogP contribution in [0.2, 0.25) is 0 Å². The number of piperidine rings is 1. The first kappa shape index (κ1) is 16.8. The zero-order valence-electron chi connectivity index (χ0n) is 14.4. The molecule has 4 nitrogen and oxygen atoms in total. The summed E-state index contributed by atoms with van der Waals surface area (Å²) in [6, 6.07) is 1.00. The molecule has 5 N–H and O–H groups in total. The number of carbonyl (C=O) groups excluding carboxylic acids is 1. The van der Waals surface area contributed by atoms with Crippen LogP contribution in [0, 0.1) is 0 Å². The Kier molecular flexibility index (Phi) is 5.31. The molecule has 1 aliphatic carbocycles. The van der Waals surface area contributed by atoms with E-state index in [0.29, 0.717) is 18.6 Å². The summed E-state index contributed by atoms with van der Waals surface area (Å²) in [5.74, 6) is 0.221. The molecule has 2 rings (SSSR count). The van der Waals surface area contributed by atoms with E-state index >= 15 is 0 Å². The third-order valence-corrected chi connectivity index (χ3v) is 4.98. The highest BCUT2D eigenvalue weighted by molar-refractivity contribution is 5.77. The van der Waals surface area contributed by atoms with Crippen LogP contribution < -0.4 is 16.0 Å². The highest BCUT2D eigenvalue weighted by Crippen LogP contribution is 2.21. The van der Waals surface area contributed by atoms with Crippen molar-refractivity contribution >= 4 is 5.91 Å². The smallest absolute Gasteiger partial charge is 0.275 e. The van der Waals surface area contributed by atoms with Crippen molar-refractivity contribution in [1.29, 1.82) is 0 Å². The standard InChI is InChI=1S/C17H33N3O/c1-16(2)10-14(11-17(3,4)20-16)19-15(21)12-18-13-8-6-5-7-9-13/h13-14,18,20H,5-12H2,1-4H3,(H,19,21)/p+2. The van der Waals surface area contributed by atoms with Crippen LogP contribution in [0.5, 0.6) is 0 Å². The minimum Gasteiger partial charge on any atom is -0.348 e. The fourth-order valence-electron chi connectivity index (χ4n) is 4.55. The van der Waals surface area contributed by atoms with Gasteiger partial charge in [-0.1, -0.05) is 6.42 Å². The van der Waals surface area contributed by atoms with Crippen LogP contribution >= 0.6 is 0 Å². The van der Waals surface area contributed by atoms with Crippen LogP contribution in [0.3, 0.4) is 0 Å². The van der Waals surface area contributed by atoms with Crippen LogP contribution in [0.4, 0.5) is 0 Å². The zero-order chi connectivity index (χ0) is 15.5. The maximum Gasteiger partial charge on any atom is 0.275 e. The molecule has 1 heterocycles. The second-order valence-electron chi connectivity index (χ2n) is 8.63. The number of rotatable bonds is 4. The van der Waals surface area contributed by atoms with Gasteiger partial charge in [0.2, 0.25) is 0 Å². The maximum atomic E-state index is 12.2. The van der Waals surface area contributed by atoms with E-state index < -0.39 is 0 Å². The molecule has 1 amide bonds. The molecule has 0 unspecified atom stereocenters. The van der Waals surface area contributed by atoms with E-state index in [1.807, 2.05) is 0 Å². The van der Waals surface area contributed by atoms with E-state index in [2.05, 4.69) is 43.6 Å². The van der Waals surface area contributed by atoms with Crippen molar-refractivity contribution < 1.29 is 15.4 Å². The van der Waals surface area contributed by atoms with Gasteiger partial charge < -0.3 is 16.0 Å². The summed E-state index contributed by atoms with van der Waals surface area (Å²) in [6.45, 7) is 9.72. The normalized spacial score (nSPS) is 26.5. The Morgan fingerprint density at radius 1 is 1.10 bits per heavy atom. The van der Waals surface area contributed by atoms with E-state index in [1.54, 1.807) is 0 Å². The summed E-state index contributed by atoms with van der Waals surface area (Å²) < 4.78 is 0. The van der Waals surface area contributed by atoms with Crippen molar-refractivity contribution in [2.75, 3.05) is 6.54 Å². The molecule has 21 heavy (non-hydrogen) atoms. The fourth-order valence-corrected chi connectivity index (χ4v) is 4.55. The number of nitrogens with two attached hydrogens (primary N) is 2. The van der Waals surface area contributed by atoms with Gasteiger partial charge in [-0.05, 0) is 53.4 Å². The second-order valence-corrected chi connectivity index (χ2v) is 8.63. The number of hydrogen-bond acceptors (Lipinski definition) is 1. The van der Waals surface area contributed by atoms with Gasteiger partial charge in [0.15, 0.2) is 6.54 Å². The molecular weight excluding hydrogens is 262 g/mol. The maximum absolute atomic E-state index is 12.2. The molecule has 2 aliphatic rings. The van der Waals surface area contributed by atoms with Crippen molar-refractivity contribution in [3.05, 3.63) is 0 Å². The largest absolute Gasteiger partial charge is 0.348 e. The zero-order valence-corrected chi connectivity index (χ0v) is 14.4. The summed E-state index contributed by atoms with van der Waals surface area (Å²) in [4.78, 5) is 12.2. The lowest BCUT2D eigenvalue weighted by Gasteiger charge is -2.43. The van der Waals surface area contributed by atoms with E-state index in [9.17, 15) is 4.79 Å². The molecule has 1 saturated carbocycles. The molecule has 2 fully saturated rings. The second kappa shape index (κ2) is 6.66. The lowest BCUT2D eigenvalue weighted by Crippen LogP contribution is -3.06. The Labute approximate surface area is 129 Å². The molecule has 0 aromatic carbocycles. The molecule has 122 valence electrons. The van der Waals surface area contributed by atoms with E-state index in [1.165, 1.54) is 32.1 Å². The summed E-state index contributed by atoms with van der Waals surface area (Å²) in [6.07, 6.45) is 8.74. The molecule has 0 radical (unpaired) electrons. The molecule has 0 aromatic rings. The Balaban J connectivity index is 1.76. The monoisotopic (exact) mass is 297 g/mol. The quantitative estimate of drug-likeness (QED) is 0.686.